The number of hydrogen-bond acceptors (Lipinski definition) is 2. The van der Waals surface area contributed by atoms with Gasteiger partial charge in [-0.05, 0) is 79.7 Å². The van der Waals surface area contributed by atoms with Crippen LogP contribution in [0.25, 0.3) is 22.4 Å². The number of benzene rings is 4. The van der Waals surface area contributed by atoms with Crippen molar-refractivity contribution >= 4 is 67.6 Å². The summed E-state index contributed by atoms with van der Waals surface area (Å²) in [4.78, 5) is 0. The highest BCUT2D eigenvalue weighted by Crippen LogP contribution is 2.33. The average molecular weight is 613 g/mol. The highest BCUT2D eigenvalue weighted by Gasteiger charge is 2.12. The number of hydrogen-bond donors (Lipinski definition) is 0. The molecule has 4 aromatic rings. The summed E-state index contributed by atoms with van der Waals surface area (Å²) in [5, 5.41) is 12.2. The third kappa shape index (κ3) is 4.68. The van der Waals surface area contributed by atoms with Crippen molar-refractivity contribution in [2.75, 3.05) is 0 Å². The molecule has 2 nitrogen and oxygen atoms in total. The van der Waals surface area contributed by atoms with E-state index in [1.54, 1.807) is 0 Å². The fraction of sp³-hybridized carbons (Fsp3) is 0.0385. The molecule has 0 heterocycles. The monoisotopic (exact) mass is 613 g/mol. The number of nitriles is 1. The van der Waals surface area contributed by atoms with E-state index < -0.39 is 0 Å². The van der Waals surface area contributed by atoms with E-state index >= 15 is 0 Å². The summed E-state index contributed by atoms with van der Waals surface area (Å²) >= 11 is 4.60. The van der Waals surface area contributed by atoms with Gasteiger partial charge in [-0.1, -0.05) is 72.8 Å². The lowest BCUT2D eigenvalue weighted by Crippen LogP contribution is -2.00. The molecule has 4 rings (SSSR count). The Balaban J connectivity index is 1.78. The summed E-state index contributed by atoms with van der Waals surface area (Å²) in [5.41, 5.74) is 3.57. The average Bonchev–Trinajstić information content (AvgIpc) is 2.77. The van der Waals surface area contributed by atoms with Gasteiger partial charge in [-0.25, -0.2) is 0 Å². The molecule has 0 amide bonds. The second kappa shape index (κ2) is 9.63. The SMILES string of the molecule is N#C/C(=C/c1cc(I)cc(I)c1OCc1ccccc1)c1cccc2ccccc12. The van der Waals surface area contributed by atoms with Crippen molar-refractivity contribution in [1.82, 2.24) is 0 Å². The third-order valence-corrected chi connectivity index (χ3v) is 6.19. The number of nitrogens with zero attached hydrogens (tertiary/aromatic N) is 1. The van der Waals surface area contributed by atoms with Crippen LogP contribution in [0.15, 0.2) is 84.9 Å². The van der Waals surface area contributed by atoms with Crippen LogP contribution in [-0.2, 0) is 6.61 Å². The fourth-order valence-corrected chi connectivity index (χ4v) is 5.40. The smallest absolute Gasteiger partial charge is 0.140 e. The molecule has 30 heavy (non-hydrogen) atoms. The molecule has 0 aromatic heterocycles. The lowest BCUT2D eigenvalue weighted by Gasteiger charge is -2.13. The fourth-order valence-electron chi connectivity index (χ4n) is 3.36. The van der Waals surface area contributed by atoms with Crippen LogP contribution in [0.4, 0.5) is 0 Å². The minimum absolute atomic E-state index is 0.481. The molecule has 0 saturated heterocycles. The van der Waals surface area contributed by atoms with E-state index in [0.717, 1.165) is 40.4 Å². The van der Waals surface area contributed by atoms with Crippen LogP contribution in [0, 0.1) is 18.5 Å². The highest BCUT2D eigenvalue weighted by atomic mass is 127. The minimum atomic E-state index is 0.481. The topological polar surface area (TPSA) is 33.0 Å². The molecule has 146 valence electrons. The Morgan fingerprint density at radius 3 is 2.43 bits per heavy atom. The summed E-state index contributed by atoms with van der Waals surface area (Å²) < 4.78 is 8.34. The Hall–Kier alpha value is -2.37. The summed E-state index contributed by atoms with van der Waals surface area (Å²) in [6, 6.07) is 30.9. The van der Waals surface area contributed by atoms with Gasteiger partial charge in [-0.2, -0.15) is 5.26 Å². The molecule has 0 N–H and O–H groups in total. The van der Waals surface area contributed by atoms with Gasteiger partial charge < -0.3 is 4.74 Å². The van der Waals surface area contributed by atoms with Gasteiger partial charge in [0.1, 0.15) is 12.4 Å². The van der Waals surface area contributed by atoms with Gasteiger partial charge in [0.15, 0.2) is 0 Å². The number of allylic oxidation sites excluding steroid dienone is 1. The first-order valence-corrected chi connectivity index (χ1v) is 11.6. The van der Waals surface area contributed by atoms with Gasteiger partial charge in [0.25, 0.3) is 0 Å². The molecule has 0 aliphatic rings. The molecule has 0 aliphatic carbocycles. The number of fused-ring (bicyclic) bond motifs is 1. The van der Waals surface area contributed by atoms with Crippen LogP contribution >= 0.6 is 45.2 Å². The molecule has 0 unspecified atom stereocenters. The lowest BCUT2D eigenvalue weighted by molar-refractivity contribution is 0.303. The Kier molecular flexibility index (Phi) is 6.70. The third-order valence-electron chi connectivity index (χ3n) is 4.76. The van der Waals surface area contributed by atoms with E-state index in [0.29, 0.717) is 12.2 Å². The molecule has 0 radical (unpaired) electrons. The van der Waals surface area contributed by atoms with E-state index in [1.807, 2.05) is 60.7 Å². The summed E-state index contributed by atoms with van der Waals surface area (Å²) in [6.07, 6.45) is 1.94. The molecule has 0 bridgehead atoms. The van der Waals surface area contributed by atoms with E-state index in [-0.39, 0.29) is 0 Å². The molecule has 0 aliphatic heterocycles. The first-order valence-electron chi connectivity index (χ1n) is 9.41. The minimum Gasteiger partial charge on any atom is -0.487 e. The van der Waals surface area contributed by atoms with Crippen LogP contribution < -0.4 is 4.74 Å². The molecule has 0 fully saturated rings. The molecule has 4 heteroatoms. The van der Waals surface area contributed by atoms with Gasteiger partial charge in [0.2, 0.25) is 0 Å². The summed E-state index contributed by atoms with van der Waals surface area (Å²) in [7, 11) is 0. The zero-order chi connectivity index (χ0) is 20.9. The lowest BCUT2D eigenvalue weighted by atomic mass is 9.97. The number of halogens is 2. The molecule has 0 spiro atoms. The number of ether oxygens (including phenoxy) is 1. The van der Waals surface area contributed by atoms with E-state index in [9.17, 15) is 5.26 Å². The van der Waals surface area contributed by atoms with Crippen LogP contribution in [0.3, 0.4) is 0 Å². The molecule has 4 aromatic carbocycles. The van der Waals surface area contributed by atoms with Crippen LogP contribution in [-0.4, -0.2) is 0 Å². The normalized spacial score (nSPS) is 11.3. The molecular weight excluding hydrogens is 596 g/mol. The molecule has 0 atom stereocenters. The van der Waals surface area contributed by atoms with E-state index in [4.69, 9.17) is 4.74 Å². The summed E-state index contributed by atoms with van der Waals surface area (Å²) in [5.74, 6) is 0.799. The van der Waals surface area contributed by atoms with Crippen LogP contribution in [0.1, 0.15) is 16.7 Å². The van der Waals surface area contributed by atoms with Gasteiger partial charge in [0, 0.05) is 14.7 Å². The van der Waals surface area contributed by atoms with Crippen LogP contribution in [0.5, 0.6) is 5.75 Å². The van der Waals surface area contributed by atoms with Crippen molar-refractivity contribution in [3.63, 3.8) is 0 Å². The van der Waals surface area contributed by atoms with Crippen molar-refractivity contribution in [2.24, 2.45) is 0 Å². The Morgan fingerprint density at radius 2 is 1.63 bits per heavy atom. The van der Waals surface area contributed by atoms with Crippen molar-refractivity contribution in [3.05, 3.63) is 109 Å². The van der Waals surface area contributed by atoms with Crippen molar-refractivity contribution in [2.45, 2.75) is 6.61 Å². The van der Waals surface area contributed by atoms with Gasteiger partial charge in [-0.15, -0.1) is 0 Å². The second-order valence-corrected chi connectivity index (χ2v) is 9.18. The standard InChI is InChI=1S/C26H17I2NO/c27-22-14-20(26(25(28)15-22)30-17-18-7-2-1-3-8-18)13-21(16-29)24-12-6-10-19-9-4-5-11-23(19)24/h1-15H,17H2/b21-13-. The maximum atomic E-state index is 9.97. The summed E-state index contributed by atoms with van der Waals surface area (Å²) in [6.45, 7) is 0.481. The second-order valence-electron chi connectivity index (χ2n) is 6.78. The predicted octanol–water partition coefficient (Wildman–Crippen LogP) is 7.69. The van der Waals surface area contributed by atoms with Gasteiger partial charge >= 0.3 is 0 Å². The quantitative estimate of drug-likeness (QED) is 0.131. The zero-order valence-electron chi connectivity index (χ0n) is 16.0. The first kappa shape index (κ1) is 20.9. The van der Waals surface area contributed by atoms with Crippen molar-refractivity contribution < 1.29 is 4.74 Å². The van der Waals surface area contributed by atoms with E-state index in [1.165, 1.54) is 0 Å². The van der Waals surface area contributed by atoms with Crippen LogP contribution in [0.2, 0.25) is 0 Å². The highest BCUT2D eigenvalue weighted by molar-refractivity contribution is 14.1. The maximum absolute atomic E-state index is 9.97. The molecular formula is C26H17I2NO. The Morgan fingerprint density at radius 1 is 0.900 bits per heavy atom. The molecule has 0 saturated carbocycles. The largest absolute Gasteiger partial charge is 0.487 e. The maximum Gasteiger partial charge on any atom is 0.140 e. The van der Waals surface area contributed by atoms with E-state index in [2.05, 4.69) is 81.6 Å². The van der Waals surface area contributed by atoms with Crippen molar-refractivity contribution in [1.29, 1.82) is 5.26 Å². The number of rotatable bonds is 5. The van der Waals surface area contributed by atoms with Crippen molar-refractivity contribution in [3.8, 4) is 11.8 Å². The Labute approximate surface area is 203 Å². The zero-order valence-corrected chi connectivity index (χ0v) is 20.3. The van der Waals surface area contributed by atoms with Gasteiger partial charge in [-0.3, -0.25) is 0 Å². The Bertz CT molecular complexity index is 1270. The predicted molar refractivity (Wildman–Crippen MR) is 140 cm³/mol. The first-order chi connectivity index (χ1) is 14.7. The van der Waals surface area contributed by atoms with Gasteiger partial charge in [0.05, 0.1) is 15.2 Å².